The number of aliphatic hydroxyl groups is 1. The second-order valence-electron chi connectivity index (χ2n) is 8.52. The van der Waals surface area contributed by atoms with Gasteiger partial charge in [-0.25, -0.2) is 4.79 Å². The molecule has 0 saturated carbocycles. The van der Waals surface area contributed by atoms with Gasteiger partial charge in [0.2, 0.25) is 0 Å². The number of nitrogens with zero attached hydrogens (tertiary/aromatic N) is 1. The Morgan fingerprint density at radius 1 is 1.24 bits per heavy atom. The van der Waals surface area contributed by atoms with Crippen LogP contribution in [0.4, 0.5) is 4.79 Å². The van der Waals surface area contributed by atoms with Gasteiger partial charge in [-0.15, -0.1) is 0 Å². The van der Waals surface area contributed by atoms with Crippen LogP contribution in [0.2, 0.25) is 5.02 Å². The lowest BCUT2D eigenvalue weighted by molar-refractivity contribution is -0.00452. The second kappa shape index (κ2) is 9.23. The van der Waals surface area contributed by atoms with Crippen LogP contribution in [0, 0.1) is 3.57 Å². The van der Waals surface area contributed by atoms with Crippen molar-refractivity contribution in [2.75, 3.05) is 0 Å². The maximum Gasteiger partial charge on any atom is 0.410 e. The molecule has 3 atom stereocenters. The molecule has 1 aliphatic heterocycles. The van der Waals surface area contributed by atoms with Crippen molar-refractivity contribution in [3.8, 4) is 0 Å². The lowest BCUT2D eigenvalue weighted by Gasteiger charge is -2.35. The quantitative estimate of drug-likeness (QED) is 0.497. The summed E-state index contributed by atoms with van der Waals surface area (Å²) in [7, 11) is 0. The molecule has 1 aliphatic rings. The number of likely N-dealkylation sites (tertiary alicyclic amines) is 1. The number of rotatable bonds is 4. The summed E-state index contributed by atoms with van der Waals surface area (Å²) in [6.07, 6.45) is 1.06. The highest BCUT2D eigenvalue weighted by atomic mass is 127. The molecule has 1 saturated heterocycles. The van der Waals surface area contributed by atoms with E-state index in [0.717, 1.165) is 12.8 Å². The SMILES string of the molecule is CC(C)(C)OC(=O)N1[C@H](Cc2ccc(I)cc2)CC[C@@H]1[C@H](O)c1cccc(Cl)c1. The predicted octanol–water partition coefficient (Wildman–Crippen LogP) is 5.99. The fourth-order valence-electron chi connectivity index (χ4n) is 3.83. The summed E-state index contributed by atoms with van der Waals surface area (Å²) in [5.41, 5.74) is 1.28. The minimum Gasteiger partial charge on any atom is -0.444 e. The Morgan fingerprint density at radius 3 is 2.55 bits per heavy atom. The number of carbonyl (C=O) groups excluding carboxylic acids is 1. The van der Waals surface area contributed by atoms with Gasteiger partial charge >= 0.3 is 6.09 Å². The molecule has 6 heteroatoms. The van der Waals surface area contributed by atoms with Gasteiger partial charge in [0.05, 0.1) is 12.1 Å². The van der Waals surface area contributed by atoms with Gasteiger partial charge in [0, 0.05) is 14.6 Å². The summed E-state index contributed by atoms with van der Waals surface area (Å²) in [6, 6.07) is 15.1. The highest BCUT2D eigenvalue weighted by Crippen LogP contribution is 2.36. The van der Waals surface area contributed by atoms with E-state index in [0.29, 0.717) is 17.0 Å². The third-order valence-electron chi connectivity index (χ3n) is 5.09. The molecule has 0 spiro atoms. The summed E-state index contributed by atoms with van der Waals surface area (Å²) in [5, 5.41) is 11.6. The Balaban J connectivity index is 1.86. The predicted molar refractivity (Wildman–Crippen MR) is 124 cm³/mol. The lowest BCUT2D eigenvalue weighted by Crippen LogP contribution is -2.47. The molecule has 1 N–H and O–H groups in total. The van der Waals surface area contributed by atoms with E-state index in [1.807, 2.05) is 32.9 Å². The summed E-state index contributed by atoms with van der Waals surface area (Å²) in [6.45, 7) is 5.58. The van der Waals surface area contributed by atoms with E-state index >= 15 is 0 Å². The van der Waals surface area contributed by atoms with Gasteiger partial charge in [0.1, 0.15) is 5.60 Å². The van der Waals surface area contributed by atoms with Crippen LogP contribution in [0.15, 0.2) is 48.5 Å². The van der Waals surface area contributed by atoms with Crippen LogP contribution in [-0.4, -0.2) is 33.8 Å². The van der Waals surface area contributed by atoms with E-state index in [1.165, 1.54) is 9.13 Å². The number of aliphatic hydroxyl groups excluding tert-OH is 1. The van der Waals surface area contributed by atoms with Crippen molar-refractivity contribution in [2.45, 2.75) is 63.8 Å². The van der Waals surface area contributed by atoms with Gasteiger partial charge in [-0.1, -0.05) is 35.9 Å². The van der Waals surface area contributed by atoms with Crippen molar-refractivity contribution in [2.24, 2.45) is 0 Å². The summed E-state index contributed by atoms with van der Waals surface area (Å²) in [4.78, 5) is 14.8. The molecule has 2 aromatic rings. The number of hydrogen-bond acceptors (Lipinski definition) is 3. The van der Waals surface area contributed by atoms with Crippen molar-refractivity contribution < 1.29 is 14.6 Å². The molecule has 0 unspecified atom stereocenters. The first-order valence-corrected chi connectivity index (χ1v) is 11.3. The molecule has 3 rings (SSSR count). The number of benzene rings is 2. The van der Waals surface area contributed by atoms with E-state index in [9.17, 15) is 9.90 Å². The smallest absolute Gasteiger partial charge is 0.410 e. The summed E-state index contributed by atoms with van der Waals surface area (Å²) < 4.78 is 6.87. The number of halogens is 2. The van der Waals surface area contributed by atoms with Crippen LogP contribution in [0.3, 0.4) is 0 Å². The van der Waals surface area contributed by atoms with Gasteiger partial charge in [0.25, 0.3) is 0 Å². The van der Waals surface area contributed by atoms with Crippen LogP contribution in [0.1, 0.15) is 50.8 Å². The third-order valence-corrected chi connectivity index (χ3v) is 6.04. The maximum atomic E-state index is 13.1. The molecule has 1 heterocycles. The topological polar surface area (TPSA) is 49.8 Å². The van der Waals surface area contributed by atoms with E-state index in [-0.39, 0.29) is 18.2 Å². The Morgan fingerprint density at radius 2 is 1.93 bits per heavy atom. The molecule has 0 bridgehead atoms. The summed E-state index contributed by atoms with van der Waals surface area (Å²) in [5.74, 6) is 0. The first-order valence-electron chi connectivity index (χ1n) is 9.83. The molecule has 0 aromatic heterocycles. The monoisotopic (exact) mass is 527 g/mol. The van der Waals surface area contributed by atoms with Gasteiger partial charge in [-0.2, -0.15) is 0 Å². The van der Waals surface area contributed by atoms with Crippen LogP contribution in [0.5, 0.6) is 0 Å². The maximum absolute atomic E-state index is 13.1. The molecule has 0 radical (unpaired) electrons. The fourth-order valence-corrected chi connectivity index (χ4v) is 4.39. The van der Waals surface area contributed by atoms with Crippen molar-refractivity contribution in [1.29, 1.82) is 0 Å². The normalized spacial score (nSPS) is 20.6. The molecule has 29 heavy (non-hydrogen) atoms. The Bertz CT molecular complexity index is 850. The number of ether oxygens (including phenoxy) is 1. The molecule has 156 valence electrons. The van der Waals surface area contributed by atoms with E-state index < -0.39 is 11.7 Å². The largest absolute Gasteiger partial charge is 0.444 e. The molecule has 1 amide bonds. The van der Waals surface area contributed by atoms with Crippen LogP contribution in [-0.2, 0) is 11.2 Å². The fraction of sp³-hybridized carbons (Fsp3) is 0.435. The Hall–Kier alpha value is -1.31. The number of amides is 1. The molecule has 4 nitrogen and oxygen atoms in total. The van der Waals surface area contributed by atoms with Gasteiger partial charge < -0.3 is 9.84 Å². The van der Waals surface area contributed by atoms with E-state index in [1.54, 1.807) is 17.0 Å². The van der Waals surface area contributed by atoms with Gasteiger partial charge in [0.15, 0.2) is 0 Å². The minimum absolute atomic E-state index is 0.0243. The van der Waals surface area contributed by atoms with E-state index in [2.05, 4.69) is 46.9 Å². The Labute approximate surface area is 191 Å². The van der Waals surface area contributed by atoms with Crippen LogP contribution < -0.4 is 0 Å². The minimum atomic E-state index is -0.817. The second-order valence-corrected chi connectivity index (χ2v) is 10.2. The van der Waals surface area contributed by atoms with Crippen molar-refractivity contribution >= 4 is 40.3 Å². The van der Waals surface area contributed by atoms with Crippen LogP contribution in [0.25, 0.3) is 0 Å². The average Bonchev–Trinajstić information content (AvgIpc) is 3.05. The number of hydrogen-bond donors (Lipinski definition) is 1. The van der Waals surface area contributed by atoms with Crippen molar-refractivity contribution in [1.82, 2.24) is 4.90 Å². The number of carbonyl (C=O) groups is 1. The molecule has 2 aromatic carbocycles. The zero-order valence-electron chi connectivity index (χ0n) is 16.9. The van der Waals surface area contributed by atoms with Gasteiger partial charge in [-0.3, -0.25) is 4.90 Å². The average molecular weight is 528 g/mol. The highest BCUT2D eigenvalue weighted by Gasteiger charge is 2.42. The first kappa shape index (κ1) is 22.4. The first-order chi connectivity index (χ1) is 13.6. The third kappa shape index (κ3) is 5.86. The standard InChI is InChI=1S/C23H27ClINO3/c1-23(2,3)29-22(28)26-19(13-15-7-9-18(25)10-8-15)11-12-20(26)21(27)16-5-4-6-17(24)14-16/h4-10,14,19-21,27H,11-13H2,1-3H3/t19-,20+,21+/m0/s1. The van der Waals surface area contributed by atoms with Crippen molar-refractivity contribution in [3.05, 3.63) is 68.3 Å². The molecule has 0 aliphatic carbocycles. The van der Waals surface area contributed by atoms with E-state index in [4.69, 9.17) is 16.3 Å². The lowest BCUT2D eigenvalue weighted by atomic mass is 10.0. The highest BCUT2D eigenvalue weighted by molar-refractivity contribution is 14.1. The molecular formula is C23H27ClINO3. The molecular weight excluding hydrogens is 501 g/mol. The van der Waals surface area contributed by atoms with Gasteiger partial charge in [-0.05, 0) is 98.0 Å². The zero-order chi connectivity index (χ0) is 21.2. The van der Waals surface area contributed by atoms with Crippen LogP contribution >= 0.6 is 34.2 Å². The summed E-state index contributed by atoms with van der Waals surface area (Å²) >= 11 is 8.40. The zero-order valence-corrected chi connectivity index (χ0v) is 19.9. The van der Waals surface area contributed by atoms with Crippen molar-refractivity contribution in [3.63, 3.8) is 0 Å². The molecule has 1 fully saturated rings. The Kier molecular flexibility index (Phi) is 7.12.